The lowest BCUT2D eigenvalue weighted by atomic mass is 10.1. The molecule has 3 heterocycles. The van der Waals surface area contributed by atoms with Crippen LogP contribution in [0.25, 0.3) is 0 Å². The van der Waals surface area contributed by atoms with Crippen LogP contribution in [0.2, 0.25) is 0 Å². The van der Waals surface area contributed by atoms with Gasteiger partial charge < -0.3 is 30.5 Å². The fourth-order valence-electron chi connectivity index (χ4n) is 2.71. The molecule has 1 aromatic heterocycles. The van der Waals surface area contributed by atoms with Gasteiger partial charge in [0.25, 0.3) is 0 Å². The van der Waals surface area contributed by atoms with Gasteiger partial charge in [-0.1, -0.05) is 6.92 Å². The monoisotopic (exact) mass is 493 g/mol. The van der Waals surface area contributed by atoms with Crippen LogP contribution in [-0.4, -0.2) is 54.5 Å². The predicted octanol–water partition coefficient (Wildman–Crippen LogP) is -0.604. The zero-order valence-corrected chi connectivity index (χ0v) is 17.8. The van der Waals surface area contributed by atoms with Gasteiger partial charge in [-0.05, 0) is 6.42 Å². The minimum atomic E-state index is -5.24. The van der Waals surface area contributed by atoms with Gasteiger partial charge in [0.2, 0.25) is 0 Å². The molecule has 19 heteroatoms. The van der Waals surface area contributed by atoms with E-state index in [0.717, 1.165) is 4.57 Å². The highest BCUT2D eigenvalue weighted by molar-refractivity contribution is 7.74. The number of aromatic nitrogens is 2. The number of nitrogen functional groups attached to an aromatic ring is 1. The van der Waals surface area contributed by atoms with Crippen molar-refractivity contribution in [3.05, 3.63) is 22.2 Å². The molecule has 3 rings (SSSR count). The van der Waals surface area contributed by atoms with Crippen LogP contribution >= 0.6 is 23.5 Å². The maximum absolute atomic E-state index is 12.2. The summed E-state index contributed by atoms with van der Waals surface area (Å²) < 4.78 is 57.9. The molecule has 0 spiro atoms. The summed E-state index contributed by atoms with van der Waals surface area (Å²) in [6, 6.07) is 0. The van der Waals surface area contributed by atoms with E-state index in [0.29, 0.717) is 12.0 Å². The Hall–Kier alpha value is -0.990. The molecule has 0 aliphatic carbocycles. The van der Waals surface area contributed by atoms with E-state index in [9.17, 15) is 38.5 Å². The third-order valence-corrected chi connectivity index (χ3v) is 9.43. The molecule has 0 saturated carbocycles. The second-order valence-corrected chi connectivity index (χ2v) is 11.2. The van der Waals surface area contributed by atoms with E-state index >= 15 is 0 Å². The topological polar surface area (TPSA) is 239 Å². The van der Waals surface area contributed by atoms with Gasteiger partial charge in [-0.25, -0.2) is 18.5 Å². The van der Waals surface area contributed by atoms with Crippen molar-refractivity contribution >= 4 is 29.3 Å². The number of rotatable bonds is 5. The van der Waals surface area contributed by atoms with Crippen molar-refractivity contribution in [2.24, 2.45) is 0 Å². The van der Waals surface area contributed by atoms with Crippen molar-refractivity contribution in [1.29, 1.82) is 0 Å². The molecule has 0 bridgehead atoms. The van der Waals surface area contributed by atoms with Gasteiger partial charge in [-0.15, -0.1) is 0 Å². The minimum absolute atomic E-state index is 0.0135. The molecule has 2 fully saturated rings. The maximum Gasteiger partial charge on any atom is 0.492 e. The molecule has 30 heavy (non-hydrogen) atoms. The van der Waals surface area contributed by atoms with Crippen LogP contribution in [0.15, 0.2) is 11.0 Å². The van der Waals surface area contributed by atoms with E-state index in [-0.39, 0.29) is 5.82 Å². The summed E-state index contributed by atoms with van der Waals surface area (Å²) in [5, 5.41) is 20.4. The molecular weight excluding hydrogens is 475 g/mol. The van der Waals surface area contributed by atoms with Crippen LogP contribution < -0.4 is 11.4 Å². The van der Waals surface area contributed by atoms with Crippen LogP contribution in [0, 0.1) is 0 Å². The third-order valence-electron chi connectivity index (χ3n) is 4.06. The molecular formula is C11H18N3O13P3. The Morgan fingerprint density at radius 1 is 1.17 bits per heavy atom. The Labute approximate surface area is 168 Å². The lowest BCUT2D eigenvalue weighted by Gasteiger charge is -2.27. The molecule has 6 N–H and O–H groups in total. The number of aliphatic hydroxyl groups is 2. The number of hydrogen-bond donors (Lipinski definition) is 5. The Balaban J connectivity index is 1.77. The van der Waals surface area contributed by atoms with E-state index in [4.69, 9.17) is 10.5 Å². The molecule has 170 valence electrons. The smallest absolute Gasteiger partial charge is 0.387 e. The van der Waals surface area contributed by atoms with Gasteiger partial charge in [0.15, 0.2) is 6.23 Å². The van der Waals surface area contributed by atoms with Crippen molar-refractivity contribution in [3.63, 3.8) is 0 Å². The van der Waals surface area contributed by atoms with Gasteiger partial charge >= 0.3 is 29.2 Å². The number of anilines is 1. The fraction of sp³-hybridized carbons (Fsp3) is 0.636. The van der Waals surface area contributed by atoms with Crippen molar-refractivity contribution in [2.75, 3.05) is 12.3 Å². The van der Waals surface area contributed by atoms with Crippen molar-refractivity contribution in [1.82, 2.24) is 9.55 Å². The van der Waals surface area contributed by atoms with Crippen molar-refractivity contribution in [2.45, 2.75) is 37.9 Å². The fourth-order valence-corrected chi connectivity index (χ4v) is 7.65. The second kappa shape index (κ2) is 8.17. The number of aliphatic hydroxyl groups excluding tert-OH is 2. The van der Waals surface area contributed by atoms with Gasteiger partial charge in [0.05, 0.1) is 6.61 Å². The number of aryl methyl sites for hydroxylation is 1. The van der Waals surface area contributed by atoms with Gasteiger partial charge in [0, 0.05) is 11.8 Å². The van der Waals surface area contributed by atoms with E-state index in [1.807, 2.05) is 0 Å². The normalized spacial score (nSPS) is 41.8. The first-order valence-electron chi connectivity index (χ1n) is 8.19. The zero-order chi connectivity index (χ0) is 22.5. The summed E-state index contributed by atoms with van der Waals surface area (Å²) in [6.07, 6.45) is -4.58. The number of nitrogens with zero attached hydrogens (tertiary/aromatic N) is 2. The molecule has 2 aliphatic rings. The standard InChI is InChI=1S/C11H18N3O13P3/c1-2-5-3-14(11(17)13-9(5)12)10-8(16)7(15)6(24-10)4-23-30(22)26-28(18,19)25-29(20,21)27-30/h3,6-8,10,15-16H,2,4H2,1H3,(H,18,19)(H,20,21)(H2,12,13,17)/t6-,7+,8+,10-/m1/s1. The molecule has 2 aliphatic heterocycles. The SMILES string of the molecule is CCc1cn([C@@H]2O[C@H](COP3(=O)OP(=O)(O)OP(=O)(O)O3)[C@H](O)[C@@H]2O)c(=O)nc1N. The average Bonchev–Trinajstić information content (AvgIpc) is 2.85. The highest BCUT2D eigenvalue weighted by Crippen LogP contribution is 2.80. The first-order chi connectivity index (χ1) is 13.8. The second-order valence-electron chi connectivity index (χ2n) is 6.17. The summed E-state index contributed by atoms with van der Waals surface area (Å²) >= 11 is 0. The number of nitrogens with two attached hydrogens (primary N) is 1. The van der Waals surface area contributed by atoms with Gasteiger partial charge in [0.1, 0.15) is 24.1 Å². The summed E-state index contributed by atoms with van der Waals surface area (Å²) in [5.74, 6) is -0.0135. The molecule has 2 unspecified atom stereocenters. The summed E-state index contributed by atoms with van der Waals surface area (Å²) in [4.78, 5) is 34.1. The highest BCUT2D eigenvalue weighted by Gasteiger charge is 2.55. The molecule has 2 saturated heterocycles. The first kappa shape index (κ1) is 23.7. The molecule has 0 radical (unpaired) electrons. The zero-order valence-electron chi connectivity index (χ0n) is 15.1. The summed E-state index contributed by atoms with van der Waals surface area (Å²) in [5.41, 5.74) is 5.21. The van der Waals surface area contributed by atoms with Crippen LogP contribution in [0.4, 0.5) is 5.82 Å². The number of ether oxygens (including phenoxy) is 1. The Morgan fingerprint density at radius 2 is 1.77 bits per heavy atom. The van der Waals surface area contributed by atoms with Crippen LogP contribution in [-0.2, 0) is 42.3 Å². The summed E-state index contributed by atoms with van der Waals surface area (Å²) in [7, 11) is -15.6. The molecule has 0 aromatic carbocycles. The Kier molecular flexibility index (Phi) is 6.45. The van der Waals surface area contributed by atoms with Crippen LogP contribution in [0.3, 0.4) is 0 Å². The predicted molar refractivity (Wildman–Crippen MR) is 94.7 cm³/mol. The Bertz CT molecular complexity index is 1000. The lowest BCUT2D eigenvalue weighted by Crippen LogP contribution is -2.36. The first-order valence-corrected chi connectivity index (χ1v) is 12.6. The maximum atomic E-state index is 12.2. The third kappa shape index (κ3) is 4.91. The van der Waals surface area contributed by atoms with E-state index in [2.05, 4.69) is 22.4 Å². The molecule has 1 aromatic rings. The molecule has 0 amide bonds. The average molecular weight is 493 g/mol. The summed E-state index contributed by atoms with van der Waals surface area (Å²) in [6.45, 7) is 0.842. The lowest BCUT2D eigenvalue weighted by molar-refractivity contribution is -0.0545. The van der Waals surface area contributed by atoms with E-state index in [1.165, 1.54) is 6.20 Å². The number of phosphoric acid groups is 3. The molecule has 16 nitrogen and oxygen atoms in total. The quantitative estimate of drug-likeness (QED) is 0.322. The number of hydrogen-bond acceptors (Lipinski definition) is 13. The largest absolute Gasteiger partial charge is 0.492 e. The molecule has 6 atom stereocenters. The van der Waals surface area contributed by atoms with Crippen LogP contribution in [0.1, 0.15) is 18.7 Å². The Morgan fingerprint density at radius 3 is 2.33 bits per heavy atom. The van der Waals surface area contributed by atoms with Gasteiger partial charge in [-0.2, -0.15) is 17.9 Å². The van der Waals surface area contributed by atoms with Crippen molar-refractivity contribution < 1.29 is 55.9 Å². The van der Waals surface area contributed by atoms with E-state index in [1.54, 1.807) is 6.92 Å². The van der Waals surface area contributed by atoms with Crippen LogP contribution in [0.5, 0.6) is 0 Å². The minimum Gasteiger partial charge on any atom is -0.387 e. The van der Waals surface area contributed by atoms with E-state index < -0.39 is 60.3 Å². The van der Waals surface area contributed by atoms with Gasteiger partial charge in [-0.3, -0.25) is 9.09 Å². The van der Waals surface area contributed by atoms with Crippen molar-refractivity contribution in [3.8, 4) is 0 Å². The highest BCUT2D eigenvalue weighted by atomic mass is 31.3.